The Bertz CT molecular complexity index is 1390. The Labute approximate surface area is 219 Å². The number of aryl methyl sites for hydroxylation is 2. The molecule has 8 heteroatoms. The van der Waals surface area contributed by atoms with E-state index in [0.717, 1.165) is 22.4 Å². The van der Waals surface area contributed by atoms with E-state index in [2.05, 4.69) is 34.6 Å². The van der Waals surface area contributed by atoms with E-state index in [1.165, 1.54) is 17.3 Å². The molecular formula is C28H25ClN4O2S. The standard InChI is InChI=1S/C28H25ClN4O2S/c1-17-10-12-19(13-11-17)23-15-24(21-8-3-4-9-22(21)29)33(32-23)28-31-27(35)25(36-28)16-26(34)30-20-7-5-6-18(2)14-20/h3-14,24-25H,15-16H2,1-2H3,(H,30,34). The molecule has 0 saturated heterocycles. The summed E-state index contributed by atoms with van der Waals surface area (Å²) in [6, 6.07) is 23.2. The lowest BCUT2D eigenvalue weighted by molar-refractivity contribution is -0.121. The predicted molar refractivity (Wildman–Crippen MR) is 147 cm³/mol. The van der Waals surface area contributed by atoms with Crippen LogP contribution < -0.4 is 5.32 Å². The number of carbonyl (C=O) groups is 2. The SMILES string of the molecule is Cc1ccc(C2=NN(C3=NC(=O)C(CC(=O)Nc4cccc(C)c4)S3)C(c3ccccc3Cl)C2)cc1. The Morgan fingerprint density at radius 1 is 1.06 bits per heavy atom. The highest BCUT2D eigenvalue weighted by Gasteiger charge is 2.39. The molecule has 2 aliphatic rings. The van der Waals surface area contributed by atoms with E-state index in [1.54, 1.807) is 5.01 Å². The number of amidine groups is 1. The Morgan fingerprint density at radius 3 is 2.58 bits per heavy atom. The van der Waals surface area contributed by atoms with E-state index < -0.39 is 5.25 Å². The molecule has 0 spiro atoms. The highest BCUT2D eigenvalue weighted by atomic mass is 35.5. The maximum absolute atomic E-state index is 12.8. The van der Waals surface area contributed by atoms with Gasteiger partial charge in [0.2, 0.25) is 5.91 Å². The summed E-state index contributed by atoms with van der Waals surface area (Å²) in [6.45, 7) is 4.01. The van der Waals surface area contributed by atoms with Gasteiger partial charge in [0, 0.05) is 23.6 Å². The Hall–Kier alpha value is -3.42. The second kappa shape index (κ2) is 10.3. The van der Waals surface area contributed by atoms with Crippen molar-refractivity contribution in [3.05, 3.63) is 100 Å². The largest absolute Gasteiger partial charge is 0.326 e. The van der Waals surface area contributed by atoms with Crippen molar-refractivity contribution in [2.45, 2.75) is 38.0 Å². The molecule has 0 bridgehead atoms. The third kappa shape index (κ3) is 5.22. The minimum Gasteiger partial charge on any atom is -0.326 e. The fraction of sp³-hybridized carbons (Fsp3) is 0.214. The summed E-state index contributed by atoms with van der Waals surface area (Å²) in [5.41, 5.74) is 5.76. The van der Waals surface area contributed by atoms with Crippen molar-refractivity contribution in [2.75, 3.05) is 5.32 Å². The third-order valence-electron chi connectivity index (χ3n) is 6.16. The number of rotatable bonds is 5. The number of hydrogen-bond acceptors (Lipinski definition) is 5. The van der Waals surface area contributed by atoms with Gasteiger partial charge in [-0.15, -0.1) is 0 Å². The topological polar surface area (TPSA) is 74.1 Å². The summed E-state index contributed by atoms with van der Waals surface area (Å²) >= 11 is 7.84. The number of halogens is 1. The van der Waals surface area contributed by atoms with Crippen LogP contribution in [0.2, 0.25) is 5.02 Å². The summed E-state index contributed by atoms with van der Waals surface area (Å²) in [7, 11) is 0. The zero-order chi connectivity index (χ0) is 25.2. The van der Waals surface area contributed by atoms with Crippen LogP contribution in [0.1, 0.15) is 41.1 Å². The minimum absolute atomic E-state index is 0.0313. The molecule has 6 nitrogen and oxygen atoms in total. The molecule has 2 atom stereocenters. The molecule has 5 rings (SSSR count). The van der Waals surface area contributed by atoms with Crippen LogP contribution in [0.3, 0.4) is 0 Å². The van der Waals surface area contributed by atoms with Crippen LogP contribution in [0.15, 0.2) is 82.9 Å². The average Bonchev–Trinajstić information content (AvgIpc) is 3.44. The highest BCUT2D eigenvalue weighted by Crippen LogP contribution is 2.40. The van der Waals surface area contributed by atoms with Crippen molar-refractivity contribution < 1.29 is 9.59 Å². The molecule has 36 heavy (non-hydrogen) atoms. The summed E-state index contributed by atoms with van der Waals surface area (Å²) in [5.74, 6) is -0.554. The van der Waals surface area contributed by atoms with Gasteiger partial charge in [-0.2, -0.15) is 10.1 Å². The van der Waals surface area contributed by atoms with E-state index in [0.29, 0.717) is 22.3 Å². The van der Waals surface area contributed by atoms with Gasteiger partial charge in [-0.3, -0.25) is 9.59 Å². The fourth-order valence-electron chi connectivity index (χ4n) is 4.30. The summed E-state index contributed by atoms with van der Waals surface area (Å²) in [4.78, 5) is 29.8. The van der Waals surface area contributed by atoms with Crippen LogP contribution in [-0.2, 0) is 9.59 Å². The molecule has 0 aromatic heterocycles. The molecule has 0 fully saturated rings. The summed E-state index contributed by atoms with van der Waals surface area (Å²) in [5, 5.41) is 10.1. The summed E-state index contributed by atoms with van der Waals surface area (Å²) in [6.07, 6.45) is 0.655. The molecule has 1 N–H and O–H groups in total. The quantitative estimate of drug-likeness (QED) is 0.442. The monoisotopic (exact) mass is 516 g/mol. The number of hydrogen-bond donors (Lipinski definition) is 1. The van der Waals surface area contributed by atoms with Gasteiger partial charge in [0.1, 0.15) is 5.25 Å². The van der Waals surface area contributed by atoms with Crippen molar-refractivity contribution >= 4 is 51.7 Å². The van der Waals surface area contributed by atoms with E-state index in [4.69, 9.17) is 16.7 Å². The highest BCUT2D eigenvalue weighted by molar-refractivity contribution is 8.15. The Kier molecular flexibility index (Phi) is 6.94. The lowest BCUT2D eigenvalue weighted by atomic mass is 9.98. The van der Waals surface area contributed by atoms with E-state index in [1.807, 2.05) is 62.4 Å². The van der Waals surface area contributed by atoms with Crippen molar-refractivity contribution in [2.24, 2.45) is 10.1 Å². The maximum Gasteiger partial charge on any atom is 0.262 e. The molecule has 2 aliphatic heterocycles. The van der Waals surface area contributed by atoms with Crippen molar-refractivity contribution in [1.82, 2.24) is 5.01 Å². The molecule has 2 heterocycles. The van der Waals surface area contributed by atoms with E-state index in [-0.39, 0.29) is 24.3 Å². The van der Waals surface area contributed by atoms with Gasteiger partial charge < -0.3 is 5.32 Å². The lowest BCUT2D eigenvalue weighted by Crippen LogP contribution is -2.25. The number of anilines is 1. The summed E-state index contributed by atoms with van der Waals surface area (Å²) < 4.78 is 0. The minimum atomic E-state index is -0.602. The lowest BCUT2D eigenvalue weighted by Gasteiger charge is -2.23. The van der Waals surface area contributed by atoms with Gasteiger partial charge in [-0.1, -0.05) is 83.5 Å². The van der Waals surface area contributed by atoms with Crippen LogP contribution >= 0.6 is 23.4 Å². The first-order chi connectivity index (χ1) is 17.4. The normalized spacial score (nSPS) is 19.3. The van der Waals surface area contributed by atoms with Crippen molar-refractivity contribution in [1.29, 1.82) is 0 Å². The average molecular weight is 517 g/mol. The van der Waals surface area contributed by atoms with E-state index in [9.17, 15) is 9.59 Å². The first kappa shape index (κ1) is 24.3. The zero-order valence-corrected chi connectivity index (χ0v) is 21.5. The van der Waals surface area contributed by atoms with Gasteiger partial charge in [0.05, 0.1) is 11.8 Å². The molecule has 0 aliphatic carbocycles. The molecule has 2 unspecified atom stereocenters. The number of nitrogens with zero attached hydrogens (tertiary/aromatic N) is 3. The van der Waals surface area contributed by atoms with Crippen LogP contribution in [0.25, 0.3) is 0 Å². The van der Waals surface area contributed by atoms with Gasteiger partial charge in [-0.25, -0.2) is 5.01 Å². The Morgan fingerprint density at radius 2 is 1.83 bits per heavy atom. The molecule has 3 aromatic rings. The Balaban J connectivity index is 1.36. The third-order valence-corrected chi connectivity index (χ3v) is 7.64. The van der Waals surface area contributed by atoms with Crippen molar-refractivity contribution in [3.63, 3.8) is 0 Å². The molecule has 3 aromatic carbocycles. The maximum atomic E-state index is 12.8. The molecule has 0 radical (unpaired) electrons. The molecular weight excluding hydrogens is 492 g/mol. The fourth-order valence-corrected chi connectivity index (χ4v) is 5.63. The van der Waals surface area contributed by atoms with Gasteiger partial charge in [-0.05, 0) is 48.7 Å². The van der Waals surface area contributed by atoms with Gasteiger partial charge >= 0.3 is 0 Å². The van der Waals surface area contributed by atoms with Crippen molar-refractivity contribution in [3.8, 4) is 0 Å². The van der Waals surface area contributed by atoms with Crippen LogP contribution in [0.4, 0.5) is 5.69 Å². The first-order valence-electron chi connectivity index (χ1n) is 11.7. The van der Waals surface area contributed by atoms with Crippen LogP contribution in [0.5, 0.6) is 0 Å². The first-order valence-corrected chi connectivity index (χ1v) is 13.0. The number of carbonyl (C=O) groups excluding carboxylic acids is 2. The van der Waals surface area contributed by atoms with Crippen LogP contribution in [-0.4, -0.2) is 33.0 Å². The number of thioether (sulfide) groups is 1. The van der Waals surface area contributed by atoms with Gasteiger partial charge in [0.15, 0.2) is 5.17 Å². The second-order valence-electron chi connectivity index (χ2n) is 8.96. The molecule has 2 amide bonds. The number of hydrazone groups is 1. The van der Waals surface area contributed by atoms with E-state index >= 15 is 0 Å². The second-order valence-corrected chi connectivity index (χ2v) is 10.5. The number of aliphatic imine (C=N–C) groups is 1. The smallest absolute Gasteiger partial charge is 0.262 e. The zero-order valence-electron chi connectivity index (χ0n) is 19.9. The number of nitrogens with one attached hydrogen (secondary N) is 1. The van der Waals surface area contributed by atoms with Gasteiger partial charge in [0.25, 0.3) is 5.91 Å². The molecule has 0 saturated carbocycles. The van der Waals surface area contributed by atoms with Crippen LogP contribution in [0, 0.1) is 13.8 Å². The predicted octanol–water partition coefficient (Wildman–Crippen LogP) is 6.13. The number of amides is 2. The molecule has 182 valence electrons. The number of benzene rings is 3.